The van der Waals surface area contributed by atoms with Gasteiger partial charge in [-0.3, -0.25) is 0 Å². The van der Waals surface area contributed by atoms with E-state index in [1.807, 2.05) is 6.92 Å². The molecule has 2 rings (SSSR count). The van der Waals surface area contributed by atoms with Crippen molar-refractivity contribution in [3.63, 3.8) is 0 Å². The summed E-state index contributed by atoms with van der Waals surface area (Å²) in [6, 6.07) is 11.5. The maximum atomic E-state index is 11.8. The minimum atomic E-state index is -3.24. The molecular weight excluding hydrogens is 432 g/mol. The molecule has 9 heteroatoms. The molecule has 0 saturated heterocycles. The van der Waals surface area contributed by atoms with E-state index in [0.29, 0.717) is 10.8 Å². The molecule has 0 radical (unpaired) electrons. The highest BCUT2D eigenvalue weighted by atomic mass is 35.5. The number of sulfone groups is 1. The average Bonchev–Trinajstić information content (AvgIpc) is 2.65. The fourth-order valence-corrected chi connectivity index (χ4v) is 3.81. The number of halogens is 1. The maximum Gasteiger partial charge on any atom is 0.339 e. The van der Waals surface area contributed by atoms with Crippen molar-refractivity contribution >= 4 is 50.4 Å². The minimum Gasteiger partial charge on any atom is -0.462 e. The summed E-state index contributed by atoms with van der Waals surface area (Å²) in [5, 5.41) is 6.88. The summed E-state index contributed by atoms with van der Waals surface area (Å²) in [7, 11) is -3.24. The van der Waals surface area contributed by atoms with Crippen LogP contribution in [0.3, 0.4) is 0 Å². The fraction of sp³-hybridized carbons (Fsp3) is 0.300. The number of carbonyl (C=O) groups is 1. The molecule has 1 atom stereocenters. The van der Waals surface area contributed by atoms with E-state index in [2.05, 4.69) is 10.6 Å². The molecule has 2 N–H and O–H groups in total. The molecule has 2 aromatic rings. The Hall–Kier alpha value is -2.16. The van der Waals surface area contributed by atoms with Crippen LogP contribution in [0.5, 0.6) is 0 Å². The first-order chi connectivity index (χ1) is 13.7. The number of benzene rings is 2. The van der Waals surface area contributed by atoms with Crippen LogP contribution in [-0.2, 0) is 14.6 Å². The monoisotopic (exact) mass is 454 g/mol. The number of ether oxygens (including phenoxy) is 1. The largest absolute Gasteiger partial charge is 0.462 e. The van der Waals surface area contributed by atoms with Crippen molar-refractivity contribution in [3.05, 3.63) is 58.6 Å². The highest BCUT2D eigenvalue weighted by molar-refractivity contribution is 7.90. The molecule has 0 aliphatic carbocycles. The molecule has 2 aromatic carbocycles. The second-order valence-electron chi connectivity index (χ2n) is 6.32. The first kappa shape index (κ1) is 23.1. The van der Waals surface area contributed by atoms with E-state index in [4.69, 9.17) is 28.6 Å². The van der Waals surface area contributed by atoms with Crippen LogP contribution in [0.15, 0.2) is 47.4 Å². The van der Waals surface area contributed by atoms with Crippen molar-refractivity contribution in [2.75, 3.05) is 18.2 Å². The van der Waals surface area contributed by atoms with Gasteiger partial charge in [0.1, 0.15) is 0 Å². The van der Waals surface area contributed by atoms with E-state index in [-0.39, 0.29) is 28.1 Å². The lowest BCUT2D eigenvalue weighted by Gasteiger charge is -2.20. The van der Waals surface area contributed by atoms with Gasteiger partial charge in [0.25, 0.3) is 0 Å². The number of nitrogens with one attached hydrogen (secondary N) is 2. The van der Waals surface area contributed by atoms with Crippen LogP contribution in [0, 0.1) is 0 Å². The van der Waals surface area contributed by atoms with Gasteiger partial charge < -0.3 is 15.4 Å². The van der Waals surface area contributed by atoms with Crippen LogP contribution in [-0.4, -0.2) is 32.4 Å². The van der Waals surface area contributed by atoms with Crippen LogP contribution in [0.1, 0.15) is 42.2 Å². The molecule has 6 nitrogen and oxygen atoms in total. The van der Waals surface area contributed by atoms with Crippen LogP contribution >= 0.6 is 23.8 Å². The average molecular weight is 455 g/mol. The Morgan fingerprint density at radius 1 is 1.17 bits per heavy atom. The molecule has 0 aliphatic heterocycles. The number of esters is 1. The van der Waals surface area contributed by atoms with Gasteiger partial charge in [-0.25, -0.2) is 13.2 Å². The van der Waals surface area contributed by atoms with Gasteiger partial charge in [-0.05, 0) is 61.5 Å². The molecule has 0 amide bonds. The molecule has 0 fully saturated rings. The topological polar surface area (TPSA) is 84.5 Å². The zero-order valence-corrected chi connectivity index (χ0v) is 18.7. The van der Waals surface area contributed by atoms with Gasteiger partial charge in [-0.2, -0.15) is 0 Å². The number of rotatable bonds is 7. The highest BCUT2D eigenvalue weighted by Gasteiger charge is 2.15. The third-order valence-electron chi connectivity index (χ3n) is 4.15. The first-order valence-electron chi connectivity index (χ1n) is 8.99. The molecule has 29 heavy (non-hydrogen) atoms. The zero-order chi connectivity index (χ0) is 21.6. The van der Waals surface area contributed by atoms with Gasteiger partial charge in [0, 0.05) is 11.9 Å². The molecular formula is C20H23ClN2O4S2. The van der Waals surface area contributed by atoms with Gasteiger partial charge >= 0.3 is 5.97 Å². The molecule has 0 spiro atoms. The molecule has 0 aromatic heterocycles. The van der Waals surface area contributed by atoms with Crippen molar-refractivity contribution in [1.82, 2.24) is 5.32 Å². The normalized spacial score (nSPS) is 12.1. The van der Waals surface area contributed by atoms with Crippen LogP contribution in [0.25, 0.3) is 0 Å². The van der Waals surface area contributed by atoms with E-state index >= 15 is 0 Å². The summed E-state index contributed by atoms with van der Waals surface area (Å²) in [5.74, 6) is -0.478. The van der Waals surface area contributed by atoms with Crippen molar-refractivity contribution in [2.24, 2.45) is 0 Å². The standard InChI is InChI=1S/C20H23ClN2O4S2/c1-4-18(13-6-9-15(10-7-13)29(3,25)26)23-20(28)22-14-8-11-16(17(21)12-14)19(24)27-5-2/h6-12,18H,4-5H2,1-3H3,(H2,22,23,28). The second-order valence-corrected chi connectivity index (χ2v) is 9.15. The Morgan fingerprint density at radius 3 is 2.34 bits per heavy atom. The Morgan fingerprint density at radius 2 is 1.83 bits per heavy atom. The van der Waals surface area contributed by atoms with Crippen LogP contribution in [0.4, 0.5) is 5.69 Å². The number of hydrogen-bond acceptors (Lipinski definition) is 5. The highest BCUT2D eigenvalue weighted by Crippen LogP contribution is 2.23. The Balaban J connectivity index is 2.07. The van der Waals surface area contributed by atoms with E-state index in [9.17, 15) is 13.2 Å². The van der Waals surface area contributed by atoms with Crippen LogP contribution < -0.4 is 10.6 Å². The molecule has 0 aliphatic rings. The summed E-state index contributed by atoms with van der Waals surface area (Å²) in [6.07, 6.45) is 1.91. The quantitative estimate of drug-likeness (QED) is 0.475. The van der Waals surface area contributed by atoms with E-state index in [1.165, 1.54) is 6.26 Å². The summed E-state index contributed by atoms with van der Waals surface area (Å²) >= 11 is 11.6. The molecule has 0 heterocycles. The number of carbonyl (C=O) groups excluding carboxylic acids is 1. The van der Waals surface area contributed by atoms with Gasteiger partial charge in [0.05, 0.1) is 28.1 Å². The first-order valence-corrected chi connectivity index (χ1v) is 11.7. The summed E-state index contributed by atoms with van der Waals surface area (Å²) in [4.78, 5) is 12.1. The maximum absolute atomic E-state index is 11.8. The minimum absolute atomic E-state index is 0.0992. The lowest BCUT2D eigenvalue weighted by molar-refractivity contribution is 0.0526. The third-order valence-corrected chi connectivity index (χ3v) is 5.81. The third kappa shape index (κ3) is 6.42. The summed E-state index contributed by atoms with van der Waals surface area (Å²) in [6.45, 7) is 3.99. The van der Waals surface area contributed by atoms with Crippen molar-refractivity contribution in [1.29, 1.82) is 0 Å². The smallest absolute Gasteiger partial charge is 0.339 e. The summed E-state index contributed by atoms with van der Waals surface area (Å²) < 4.78 is 28.2. The number of anilines is 1. The second kappa shape index (κ2) is 10.0. The van der Waals surface area contributed by atoms with E-state index in [1.54, 1.807) is 49.4 Å². The van der Waals surface area contributed by atoms with Gasteiger partial charge in [0.15, 0.2) is 14.9 Å². The molecule has 0 bridgehead atoms. The van der Waals surface area contributed by atoms with Crippen molar-refractivity contribution in [3.8, 4) is 0 Å². The summed E-state index contributed by atoms with van der Waals surface area (Å²) in [5.41, 5.74) is 1.83. The molecule has 1 unspecified atom stereocenters. The zero-order valence-electron chi connectivity index (χ0n) is 16.4. The van der Waals surface area contributed by atoms with Gasteiger partial charge in [-0.15, -0.1) is 0 Å². The van der Waals surface area contributed by atoms with Crippen LogP contribution in [0.2, 0.25) is 5.02 Å². The number of thiocarbonyl (C=S) groups is 1. The van der Waals surface area contributed by atoms with Gasteiger partial charge in [0.2, 0.25) is 0 Å². The number of hydrogen-bond donors (Lipinski definition) is 2. The Labute approximate surface area is 181 Å². The Kier molecular flexibility index (Phi) is 8.01. The van der Waals surface area contributed by atoms with Crippen molar-refractivity contribution in [2.45, 2.75) is 31.2 Å². The SMILES string of the molecule is CCOC(=O)c1ccc(NC(=S)NC(CC)c2ccc(S(C)(=O)=O)cc2)cc1Cl. The lowest BCUT2D eigenvalue weighted by Crippen LogP contribution is -2.32. The van der Waals surface area contributed by atoms with Gasteiger partial charge in [-0.1, -0.05) is 30.7 Å². The van der Waals surface area contributed by atoms with Crippen molar-refractivity contribution < 1.29 is 17.9 Å². The predicted molar refractivity (Wildman–Crippen MR) is 119 cm³/mol. The fourth-order valence-electron chi connectivity index (χ4n) is 2.66. The lowest BCUT2D eigenvalue weighted by atomic mass is 10.1. The predicted octanol–water partition coefficient (Wildman–Crippen LogP) is 4.36. The Bertz CT molecular complexity index is 992. The van der Waals surface area contributed by atoms with E-state index in [0.717, 1.165) is 12.0 Å². The van der Waals surface area contributed by atoms with E-state index < -0.39 is 15.8 Å². The molecule has 0 saturated carbocycles. The molecule has 156 valence electrons.